The second-order valence-electron chi connectivity index (χ2n) is 6.21. The summed E-state index contributed by atoms with van der Waals surface area (Å²) in [6.07, 6.45) is 2.77. The minimum Gasteiger partial charge on any atom is -0.494 e. The lowest BCUT2D eigenvalue weighted by atomic mass is 10.0. The zero-order chi connectivity index (χ0) is 22.1. The second kappa shape index (κ2) is 8.58. The number of thiophene rings is 1. The van der Waals surface area contributed by atoms with Gasteiger partial charge in [0, 0.05) is 25.8 Å². The smallest absolute Gasteiger partial charge is 0.309 e. The van der Waals surface area contributed by atoms with E-state index in [0.29, 0.717) is 4.21 Å². The van der Waals surface area contributed by atoms with Gasteiger partial charge >= 0.3 is 5.97 Å². The normalized spacial score (nSPS) is 12.8. The summed E-state index contributed by atoms with van der Waals surface area (Å²) in [6.45, 7) is 1.22. The third kappa shape index (κ3) is 4.25. The monoisotopic (exact) mass is 467 g/mol. The zero-order valence-corrected chi connectivity index (χ0v) is 18.9. The lowest BCUT2D eigenvalue weighted by Gasteiger charge is -2.12. The molecule has 8 nitrogen and oxygen atoms in total. The van der Waals surface area contributed by atoms with Crippen molar-refractivity contribution in [3.05, 3.63) is 52.0 Å². The summed E-state index contributed by atoms with van der Waals surface area (Å²) in [6, 6.07) is 6.47. The molecule has 0 spiro atoms. The average molecular weight is 468 g/mol. The second-order valence-corrected chi connectivity index (χ2v) is 10.0. The van der Waals surface area contributed by atoms with E-state index in [0.717, 1.165) is 0 Å². The lowest BCUT2D eigenvalue weighted by molar-refractivity contribution is -0.132. The van der Waals surface area contributed by atoms with Crippen LogP contribution in [0.5, 0.6) is 11.6 Å². The Morgan fingerprint density at radius 2 is 2.00 bits per heavy atom. The molecule has 0 saturated carbocycles. The van der Waals surface area contributed by atoms with Gasteiger partial charge in [0.05, 0.1) is 32.3 Å². The molecular weight excluding hydrogens is 450 g/mol. The fourth-order valence-electron chi connectivity index (χ4n) is 2.65. The Balaban J connectivity index is 2.16. The van der Waals surface area contributed by atoms with Gasteiger partial charge in [0.25, 0.3) is 0 Å². The first-order valence-corrected chi connectivity index (χ1v) is 11.7. The van der Waals surface area contributed by atoms with E-state index in [-0.39, 0.29) is 33.5 Å². The average Bonchev–Trinajstić information content (AvgIpc) is 3.34. The molecule has 0 bridgehead atoms. The Bertz CT molecular complexity index is 1240. The van der Waals surface area contributed by atoms with Crippen LogP contribution < -0.4 is 9.47 Å². The van der Waals surface area contributed by atoms with Crippen LogP contribution in [0.3, 0.4) is 0 Å². The van der Waals surface area contributed by atoms with Gasteiger partial charge in [-0.1, -0.05) is 17.7 Å². The van der Waals surface area contributed by atoms with Gasteiger partial charge in [-0.3, -0.25) is 9.59 Å². The largest absolute Gasteiger partial charge is 0.494 e. The van der Waals surface area contributed by atoms with E-state index in [1.54, 1.807) is 24.6 Å². The minimum absolute atomic E-state index is 0.00394. The summed E-state index contributed by atoms with van der Waals surface area (Å²) in [7, 11) is 0.146. The molecule has 11 heteroatoms. The maximum Gasteiger partial charge on any atom is 0.309 e. The summed E-state index contributed by atoms with van der Waals surface area (Å²) >= 11 is 7.82. The highest BCUT2D eigenvalue weighted by molar-refractivity contribution is 7.95. The van der Waals surface area contributed by atoms with Gasteiger partial charge in [0.2, 0.25) is 11.7 Å². The predicted molar refractivity (Wildman–Crippen MR) is 115 cm³/mol. The van der Waals surface area contributed by atoms with E-state index >= 15 is 0 Å². The standard InChI is InChI=1S/C19H18ClN3O5S2/c1-11(24)28-19-13(10-21-23(19)2)18(25)12-7-8-14(27-3)17(16(12)20)22-30(4,26)15-6-5-9-29-15/h5-10H,1-4H3. The quantitative estimate of drug-likeness (QED) is 0.400. The van der Waals surface area contributed by atoms with E-state index in [9.17, 15) is 13.8 Å². The van der Waals surface area contributed by atoms with Crippen molar-refractivity contribution in [2.45, 2.75) is 11.1 Å². The van der Waals surface area contributed by atoms with Crippen molar-refractivity contribution in [1.82, 2.24) is 9.78 Å². The number of carbonyl (C=O) groups excluding carboxylic acids is 2. The number of aryl methyl sites for hydroxylation is 1. The van der Waals surface area contributed by atoms with Crippen LogP contribution in [0.4, 0.5) is 5.69 Å². The molecule has 1 aromatic carbocycles. The van der Waals surface area contributed by atoms with E-state index in [1.807, 2.05) is 0 Å². The number of halogens is 1. The van der Waals surface area contributed by atoms with Crippen LogP contribution in [-0.4, -0.2) is 39.1 Å². The number of hydrogen-bond acceptors (Lipinski definition) is 8. The van der Waals surface area contributed by atoms with Crippen molar-refractivity contribution in [2.24, 2.45) is 11.4 Å². The predicted octanol–water partition coefficient (Wildman–Crippen LogP) is 4.09. The Labute approximate surface area is 182 Å². The molecule has 0 aliphatic heterocycles. The zero-order valence-electron chi connectivity index (χ0n) is 16.5. The van der Waals surface area contributed by atoms with Gasteiger partial charge in [-0.05, 0) is 23.6 Å². The molecule has 0 radical (unpaired) electrons. The molecule has 158 valence electrons. The molecule has 0 amide bonds. The third-order valence-electron chi connectivity index (χ3n) is 4.05. The van der Waals surface area contributed by atoms with Crippen LogP contribution in [0.2, 0.25) is 5.02 Å². The Morgan fingerprint density at radius 3 is 2.60 bits per heavy atom. The number of hydrogen-bond donors (Lipinski definition) is 0. The summed E-state index contributed by atoms with van der Waals surface area (Å²) in [4.78, 5) is 24.5. The molecule has 30 heavy (non-hydrogen) atoms. The number of rotatable bonds is 6. The molecule has 0 N–H and O–H groups in total. The molecule has 1 unspecified atom stereocenters. The maximum absolute atomic E-state index is 13.1. The molecule has 3 rings (SSSR count). The summed E-state index contributed by atoms with van der Waals surface area (Å²) < 4.78 is 29.7. The van der Waals surface area contributed by atoms with Crippen molar-refractivity contribution in [2.75, 3.05) is 13.4 Å². The highest BCUT2D eigenvalue weighted by atomic mass is 35.5. The number of nitrogens with zero attached hydrogens (tertiary/aromatic N) is 3. The van der Waals surface area contributed by atoms with Crippen molar-refractivity contribution in [3.63, 3.8) is 0 Å². The molecule has 2 heterocycles. The van der Waals surface area contributed by atoms with Crippen LogP contribution in [0, 0.1) is 0 Å². The number of benzene rings is 1. The molecule has 1 atom stereocenters. The SMILES string of the molecule is COc1ccc(C(=O)c2cnn(C)c2OC(C)=O)c(Cl)c1N=S(C)(=O)c1cccs1. The van der Waals surface area contributed by atoms with Gasteiger partial charge in [0.1, 0.15) is 17.0 Å². The number of carbonyl (C=O) groups is 2. The molecule has 0 aliphatic carbocycles. The number of ketones is 1. The van der Waals surface area contributed by atoms with E-state index < -0.39 is 21.5 Å². The first-order chi connectivity index (χ1) is 14.2. The first kappa shape index (κ1) is 22.0. The number of aromatic nitrogens is 2. The summed E-state index contributed by atoms with van der Waals surface area (Å²) in [5.74, 6) is -0.849. The van der Waals surface area contributed by atoms with Gasteiger partial charge < -0.3 is 9.47 Å². The summed E-state index contributed by atoms with van der Waals surface area (Å²) in [5, 5.41) is 5.75. The van der Waals surface area contributed by atoms with Gasteiger partial charge in [-0.15, -0.1) is 11.3 Å². The van der Waals surface area contributed by atoms with E-state index in [1.165, 1.54) is 54.6 Å². The fourth-order valence-corrected chi connectivity index (χ4v) is 5.38. The molecule has 0 aliphatic rings. The van der Waals surface area contributed by atoms with Crippen molar-refractivity contribution >= 4 is 50.1 Å². The molecule has 2 aromatic heterocycles. The van der Waals surface area contributed by atoms with Crippen LogP contribution >= 0.6 is 22.9 Å². The van der Waals surface area contributed by atoms with Crippen LogP contribution in [0.15, 0.2) is 44.4 Å². The number of esters is 1. The fraction of sp³-hybridized carbons (Fsp3) is 0.211. The Morgan fingerprint density at radius 1 is 1.27 bits per heavy atom. The van der Waals surface area contributed by atoms with Gasteiger partial charge in [-0.2, -0.15) is 9.46 Å². The molecular formula is C19H18ClN3O5S2. The Kier molecular flexibility index (Phi) is 6.30. The minimum atomic E-state index is -2.82. The van der Waals surface area contributed by atoms with Gasteiger partial charge in [-0.25, -0.2) is 8.89 Å². The third-order valence-corrected chi connectivity index (χ3v) is 7.72. The van der Waals surface area contributed by atoms with Crippen LogP contribution in [0.25, 0.3) is 0 Å². The maximum atomic E-state index is 13.1. The molecule has 0 saturated heterocycles. The Hall–Kier alpha value is -2.69. The van der Waals surface area contributed by atoms with Crippen LogP contribution in [0.1, 0.15) is 22.8 Å². The van der Waals surface area contributed by atoms with Crippen molar-refractivity contribution in [1.29, 1.82) is 0 Å². The summed E-state index contributed by atoms with van der Waals surface area (Å²) in [5.41, 5.74) is 0.240. The van der Waals surface area contributed by atoms with Crippen LogP contribution in [-0.2, 0) is 21.6 Å². The van der Waals surface area contributed by atoms with Crippen molar-refractivity contribution in [3.8, 4) is 11.6 Å². The highest BCUT2D eigenvalue weighted by Gasteiger charge is 2.25. The topological polar surface area (TPSA) is 99.8 Å². The number of ether oxygens (including phenoxy) is 2. The lowest BCUT2D eigenvalue weighted by Crippen LogP contribution is -2.10. The van der Waals surface area contributed by atoms with Gasteiger partial charge in [0.15, 0.2) is 0 Å². The van der Waals surface area contributed by atoms with Crippen molar-refractivity contribution < 1.29 is 23.3 Å². The van der Waals surface area contributed by atoms with E-state index in [4.69, 9.17) is 21.1 Å². The first-order valence-electron chi connectivity index (χ1n) is 8.53. The molecule has 0 fully saturated rings. The van der Waals surface area contributed by atoms with E-state index in [2.05, 4.69) is 9.46 Å². The number of methoxy groups -OCH3 is 1. The highest BCUT2D eigenvalue weighted by Crippen LogP contribution is 2.41. The molecule has 3 aromatic rings.